The molecule has 0 bridgehead atoms. The first kappa shape index (κ1) is 8.38. The Morgan fingerprint density at radius 1 is 1.23 bits per heavy atom. The zero-order chi connectivity index (χ0) is 8.93. The maximum absolute atomic E-state index is 4.49. The zero-order valence-electron chi connectivity index (χ0n) is 7.13. The molecule has 0 aromatic heterocycles. The molecule has 1 aliphatic rings. The van der Waals surface area contributed by atoms with E-state index in [1.165, 1.54) is 5.56 Å². The van der Waals surface area contributed by atoms with E-state index in [1.54, 1.807) is 6.20 Å². The van der Waals surface area contributed by atoms with E-state index in [2.05, 4.69) is 21.5 Å². The number of aliphatic imine (C=N–C) groups is 1. The van der Waals surface area contributed by atoms with Crippen LogP contribution in [0.5, 0.6) is 0 Å². The van der Waals surface area contributed by atoms with Gasteiger partial charge >= 0.3 is 0 Å². The van der Waals surface area contributed by atoms with Gasteiger partial charge in [-0.25, -0.2) is 0 Å². The minimum absolute atomic E-state index is 0.0750. The molecule has 0 spiro atoms. The molecule has 0 saturated heterocycles. The Kier molecular flexibility index (Phi) is 2.67. The second kappa shape index (κ2) is 4.14. The SMILES string of the molecule is C1=CS(=NCc2ccccc2)C=N1. The molecule has 66 valence electrons. The molecule has 0 radical (unpaired) electrons. The quantitative estimate of drug-likeness (QED) is 0.684. The summed E-state index contributed by atoms with van der Waals surface area (Å²) in [7, 11) is -0.0750. The average molecular weight is 190 g/mol. The van der Waals surface area contributed by atoms with Crippen LogP contribution in [-0.4, -0.2) is 5.55 Å². The van der Waals surface area contributed by atoms with Crippen LogP contribution >= 0.6 is 0 Å². The first-order valence-electron chi connectivity index (χ1n) is 4.08. The molecule has 2 nitrogen and oxygen atoms in total. The summed E-state index contributed by atoms with van der Waals surface area (Å²) in [5, 5.41) is 2.02. The third-order valence-electron chi connectivity index (χ3n) is 1.69. The Balaban J connectivity index is 2.04. The molecule has 0 amide bonds. The van der Waals surface area contributed by atoms with Crippen molar-refractivity contribution in [3.63, 3.8) is 0 Å². The Morgan fingerprint density at radius 3 is 2.77 bits per heavy atom. The van der Waals surface area contributed by atoms with Crippen LogP contribution in [-0.2, 0) is 17.2 Å². The molecule has 2 rings (SSSR count). The topological polar surface area (TPSA) is 24.7 Å². The van der Waals surface area contributed by atoms with Crippen molar-refractivity contribution in [2.24, 2.45) is 9.36 Å². The van der Waals surface area contributed by atoms with Gasteiger partial charge in [0, 0.05) is 11.6 Å². The smallest absolute Gasteiger partial charge is 0.0747 e. The highest BCUT2D eigenvalue weighted by Crippen LogP contribution is 2.03. The number of rotatable bonds is 2. The summed E-state index contributed by atoms with van der Waals surface area (Å²) in [6, 6.07) is 10.3. The van der Waals surface area contributed by atoms with Gasteiger partial charge in [-0.15, -0.1) is 0 Å². The molecule has 3 heteroatoms. The highest BCUT2D eigenvalue weighted by atomic mass is 32.2. The molecule has 1 aromatic rings. The van der Waals surface area contributed by atoms with Crippen LogP contribution in [0.25, 0.3) is 0 Å². The van der Waals surface area contributed by atoms with Gasteiger partial charge in [0.2, 0.25) is 0 Å². The predicted octanol–water partition coefficient (Wildman–Crippen LogP) is 2.50. The van der Waals surface area contributed by atoms with E-state index in [1.807, 2.05) is 29.2 Å². The van der Waals surface area contributed by atoms with Crippen LogP contribution in [0.3, 0.4) is 0 Å². The van der Waals surface area contributed by atoms with E-state index in [4.69, 9.17) is 0 Å². The Bertz CT molecular complexity index is 352. The van der Waals surface area contributed by atoms with Crippen molar-refractivity contribution >= 4 is 16.2 Å². The molecule has 0 N–H and O–H groups in total. The van der Waals surface area contributed by atoms with Crippen LogP contribution in [0, 0.1) is 0 Å². The Hall–Kier alpha value is -1.22. The van der Waals surface area contributed by atoms with Gasteiger partial charge in [-0.3, -0.25) is 9.36 Å². The van der Waals surface area contributed by atoms with Gasteiger partial charge < -0.3 is 0 Å². The Morgan fingerprint density at radius 2 is 2.08 bits per heavy atom. The fraction of sp³-hybridized carbons (Fsp3) is 0.100. The minimum atomic E-state index is -0.0750. The van der Waals surface area contributed by atoms with Crippen molar-refractivity contribution < 1.29 is 0 Å². The molecular weight excluding hydrogens is 180 g/mol. The summed E-state index contributed by atoms with van der Waals surface area (Å²) in [5.74, 6) is 0. The van der Waals surface area contributed by atoms with Crippen molar-refractivity contribution in [1.29, 1.82) is 0 Å². The summed E-state index contributed by atoms with van der Waals surface area (Å²) in [4.78, 5) is 3.99. The lowest BCUT2D eigenvalue weighted by atomic mass is 10.2. The largest absolute Gasteiger partial charge is 0.256 e. The third kappa shape index (κ3) is 2.36. The zero-order valence-corrected chi connectivity index (χ0v) is 7.95. The van der Waals surface area contributed by atoms with E-state index in [-0.39, 0.29) is 10.7 Å². The van der Waals surface area contributed by atoms with Gasteiger partial charge in [-0.05, 0) is 16.3 Å². The first-order chi connectivity index (χ1) is 6.45. The molecule has 0 aliphatic carbocycles. The number of nitrogens with zero attached hydrogens (tertiary/aromatic N) is 2. The maximum Gasteiger partial charge on any atom is 0.0747 e. The fourth-order valence-corrected chi connectivity index (χ4v) is 1.95. The second-order valence-electron chi connectivity index (χ2n) is 2.66. The van der Waals surface area contributed by atoms with Crippen LogP contribution in [0.15, 0.2) is 51.3 Å². The molecule has 13 heavy (non-hydrogen) atoms. The Labute approximate surface area is 80.1 Å². The third-order valence-corrected chi connectivity index (χ3v) is 2.86. The van der Waals surface area contributed by atoms with E-state index < -0.39 is 0 Å². The number of benzene rings is 1. The van der Waals surface area contributed by atoms with Gasteiger partial charge in [0.25, 0.3) is 0 Å². The van der Waals surface area contributed by atoms with Crippen molar-refractivity contribution in [2.45, 2.75) is 6.54 Å². The lowest BCUT2D eigenvalue weighted by molar-refractivity contribution is 1.10. The lowest BCUT2D eigenvalue weighted by Gasteiger charge is -1.95. The van der Waals surface area contributed by atoms with Crippen LogP contribution < -0.4 is 0 Å². The summed E-state index contributed by atoms with van der Waals surface area (Å²) in [6.07, 6.45) is 1.80. The summed E-state index contributed by atoms with van der Waals surface area (Å²) >= 11 is 0. The first-order valence-corrected chi connectivity index (χ1v) is 5.39. The fourth-order valence-electron chi connectivity index (χ4n) is 1.04. The average Bonchev–Trinajstić information content (AvgIpc) is 2.69. The minimum Gasteiger partial charge on any atom is -0.256 e. The standard InChI is InChI=1S/C10H10N2S/c1-2-4-10(5-3-1)8-12-13-7-6-11-9-13/h1-7,9H,8H2. The van der Waals surface area contributed by atoms with Gasteiger partial charge in [-0.1, -0.05) is 30.3 Å². The normalized spacial score (nSPS) is 19.8. The lowest BCUT2D eigenvalue weighted by Crippen LogP contribution is -1.84. The molecule has 1 heterocycles. The van der Waals surface area contributed by atoms with E-state index in [0.717, 1.165) is 6.54 Å². The molecule has 0 saturated carbocycles. The maximum atomic E-state index is 4.49. The van der Waals surface area contributed by atoms with Gasteiger partial charge in [0.15, 0.2) is 0 Å². The molecule has 1 unspecified atom stereocenters. The van der Waals surface area contributed by atoms with Crippen LogP contribution in [0.1, 0.15) is 5.56 Å². The van der Waals surface area contributed by atoms with Crippen LogP contribution in [0.4, 0.5) is 0 Å². The molecule has 1 aromatic carbocycles. The molecule has 0 fully saturated rings. The van der Waals surface area contributed by atoms with Crippen molar-refractivity contribution in [3.8, 4) is 0 Å². The van der Waals surface area contributed by atoms with Gasteiger partial charge in [0.05, 0.1) is 12.1 Å². The highest BCUT2D eigenvalue weighted by molar-refractivity contribution is 8.03. The molecular formula is C10H10N2S. The monoisotopic (exact) mass is 190 g/mol. The van der Waals surface area contributed by atoms with Crippen molar-refractivity contribution in [1.82, 2.24) is 0 Å². The highest BCUT2D eigenvalue weighted by Gasteiger charge is 1.92. The summed E-state index contributed by atoms with van der Waals surface area (Å²) in [6.45, 7) is 0.778. The van der Waals surface area contributed by atoms with E-state index in [9.17, 15) is 0 Å². The number of hydrogen-bond donors (Lipinski definition) is 0. The molecule has 1 aliphatic heterocycles. The van der Waals surface area contributed by atoms with Gasteiger partial charge in [0.1, 0.15) is 0 Å². The van der Waals surface area contributed by atoms with E-state index in [0.29, 0.717) is 0 Å². The van der Waals surface area contributed by atoms with Crippen molar-refractivity contribution in [2.75, 3.05) is 0 Å². The predicted molar refractivity (Wildman–Crippen MR) is 57.6 cm³/mol. The molecule has 1 atom stereocenters. The second-order valence-corrected chi connectivity index (χ2v) is 4.09. The summed E-state index contributed by atoms with van der Waals surface area (Å²) in [5.41, 5.74) is 3.13. The number of hydrogen-bond acceptors (Lipinski definition) is 2. The van der Waals surface area contributed by atoms with E-state index >= 15 is 0 Å². The summed E-state index contributed by atoms with van der Waals surface area (Å²) < 4.78 is 4.49. The van der Waals surface area contributed by atoms with Crippen molar-refractivity contribution in [3.05, 3.63) is 47.5 Å². The van der Waals surface area contributed by atoms with Crippen LogP contribution in [0.2, 0.25) is 0 Å². The van der Waals surface area contributed by atoms with Gasteiger partial charge in [-0.2, -0.15) is 0 Å².